The molecule has 4 heterocycles. The van der Waals surface area contributed by atoms with Crippen molar-refractivity contribution in [3.63, 3.8) is 0 Å². The maximum Gasteiger partial charge on any atom is 0.274 e. The van der Waals surface area contributed by atoms with E-state index < -0.39 is 6.10 Å². The van der Waals surface area contributed by atoms with Crippen LogP contribution in [0.25, 0.3) is 5.78 Å². The number of benzene rings is 1. The van der Waals surface area contributed by atoms with Gasteiger partial charge in [-0.25, -0.2) is 9.97 Å². The van der Waals surface area contributed by atoms with E-state index in [0.29, 0.717) is 36.4 Å². The molecular weight excluding hydrogens is 402 g/mol. The van der Waals surface area contributed by atoms with Gasteiger partial charge in [0.2, 0.25) is 5.78 Å². The number of aliphatic hydroxyl groups is 1. The molecule has 0 radical (unpaired) electrons. The number of β-amino-alcohol motifs (C(OH)–C–C–N with tert-alkyl or cyclic N) is 1. The minimum atomic E-state index is -0.559. The fraction of sp³-hybridized carbons (Fsp3) is 0.480. The smallest absolute Gasteiger partial charge is 0.274 e. The van der Waals surface area contributed by atoms with Crippen LogP contribution in [0.2, 0.25) is 0 Å². The molecule has 0 spiro atoms. The highest BCUT2D eigenvalue weighted by molar-refractivity contribution is 5.92. The lowest BCUT2D eigenvalue weighted by molar-refractivity contribution is -0.0139. The van der Waals surface area contributed by atoms with Gasteiger partial charge in [-0.2, -0.15) is 0 Å². The van der Waals surface area contributed by atoms with Crippen molar-refractivity contribution in [3.05, 3.63) is 65.2 Å². The molecule has 7 nitrogen and oxygen atoms in total. The number of aliphatic hydroxyl groups excluding tert-OH is 1. The van der Waals surface area contributed by atoms with Crippen LogP contribution in [0.4, 0.5) is 0 Å². The number of hydrogen-bond donors (Lipinski definition) is 1. The Morgan fingerprint density at radius 3 is 2.75 bits per heavy atom. The van der Waals surface area contributed by atoms with Gasteiger partial charge in [-0.1, -0.05) is 31.2 Å². The van der Waals surface area contributed by atoms with E-state index in [1.54, 1.807) is 11.1 Å². The maximum absolute atomic E-state index is 13.1. The molecule has 2 fully saturated rings. The molecule has 32 heavy (non-hydrogen) atoms. The molecule has 2 aliphatic heterocycles. The Kier molecular flexibility index (Phi) is 4.77. The SMILES string of the molecule is CC1CC1c1cnc2nc(C(=O)N3CCC(N4CCc5ccccc5C4)C(O)C3)cn2c1. The van der Waals surface area contributed by atoms with Crippen LogP contribution in [-0.4, -0.2) is 67.0 Å². The third-order valence-corrected chi connectivity index (χ3v) is 7.55. The van der Waals surface area contributed by atoms with Crippen molar-refractivity contribution in [1.82, 2.24) is 24.2 Å². The average Bonchev–Trinajstić information content (AvgIpc) is 3.39. The molecular formula is C25H29N5O2. The number of fused-ring (bicyclic) bond motifs is 2. The number of carbonyl (C=O) groups excluding carboxylic acids is 1. The van der Waals surface area contributed by atoms with Crippen molar-refractivity contribution >= 4 is 11.7 Å². The Balaban J connectivity index is 1.14. The van der Waals surface area contributed by atoms with E-state index in [2.05, 4.69) is 52.3 Å². The molecule has 7 heteroatoms. The molecule has 1 aliphatic carbocycles. The first-order valence-corrected chi connectivity index (χ1v) is 11.7. The highest BCUT2D eigenvalue weighted by Crippen LogP contribution is 2.46. The monoisotopic (exact) mass is 431 g/mol. The third-order valence-electron chi connectivity index (χ3n) is 7.55. The van der Waals surface area contributed by atoms with Crippen molar-refractivity contribution in [3.8, 4) is 0 Å². The molecule has 1 aromatic carbocycles. The summed E-state index contributed by atoms with van der Waals surface area (Å²) in [6.45, 7) is 5.03. The fourth-order valence-electron chi connectivity index (χ4n) is 5.47. The molecule has 166 valence electrons. The summed E-state index contributed by atoms with van der Waals surface area (Å²) in [7, 11) is 0. The number of amides is 1. The highest BCUT2D eigenvalue weighted by Gasteiger charge is 2.36. The first-order chi connectivity index (χ1) is 15.6. The lowest BCUT2D eigenvalue weighted by Crippen LogP contribution is -2.56. The Hall–Kier alpha value is -2.77. The lowest BCUT2D eigenvalue weighted by atomic mass is 9.94. The molecule has 2 aromatic heterocycles. The number of likely N-dealkylation sites (tertiary alicyclic amines) is 1. The second-order valence-corrected chi connectivity index (χ2v) is 9.70. The Morgan fingerprint density at radius 2 is 1.97 bits per heavy atom. The quantitative estimate of drug-likeness (QED) is 0.690. The summed E-state index contributed by atoms with van der Waals surface area (Å²) in [6.07, 6.45) is 8.13. The summed E-state index contributed by atoms with van der Waals surface area (Å²) in [5, 5.41) is 10.9. The summed E-state index contributed by atoms with van der Waals surface area (Å²) in [4.78, 5) is 26.2. The lowest BCUT2D eigenvalue weighted by Gasteiger charge is -2.43. The summed E-state index contributed by atoms with van der Waals surface area (Å²) < 4.78 is 1.86. The Morgan fingerprint density at radius 1 is 1.16 bits per heavy atom. The molecule has 1 N–H and O–H groups in total. The van der Waals surface area contributed by atoms with E-state index >= 15 is 0 Å². The normalized spacial score (nSPS) is 28.0. The van der Waals surface area contributed by atoms with E-state index in [0.717, 1.165) is 25.9 Å². The summed E-state index contributed by atoms with van der Waals surface area (Å²) in [6, 6.07) is 8.63. The maximum atomic E-state index is 13.1. The standard InChI is InChI=1S/C25H29N5O2/c1-16-10-20(16)19-11-26-25-27-21(14-30(25)13-19)24(32)29-9-7-22(23(31)15-29)28-8-6-17-4-2-3-5-18(17)12-28/h2-5,11,13-14,16,20,22-23,31H,6-10,12,15H2,1H3. The van der Waals surface area contributed by atoms with Gasteiger partial charge in [0.1, 0.15) is 5.69 Å². The molecule has 4 atom stereocenters. The van der Waals surface area contributed by atoms with Gasteiger partial charge in [-0.05, 0) is 47.8 Å². The second kappa shape index (κ2) is 7.67. The zero-order chi connectivity index (χ0) is 21.8. The van der Waals surface area contributed by atoms with E-state index in [9.17, 15) is 9.90 Å². The van der Waals surface area contributed by atoms with Crippen LogP contribution in [-0.2, 0) is 13.0 Å². The number of carbonyl (C=O) groups is 1. The zero-order valence-electron chi connectivity index (χ0n) is 18.4. The Bertz CT molecular complexity index is 1170. The molecule has 1 saturated heterocycles. The van der Waals surface area contributed by atoms with Crippen molar-refractivity contribution < 1.29 is 9.90 Å². The Labute approximate surface area is 187 Å². The van der Waals surface area contributed by atoms with Gasteiger partial charge in [0, 0.05) is 50.8 Å². The largest absolute Gasteiger partial charge is 0.390 e. The van der Waals surface area contributed by atoms with Gasteiger partial charge < -0.3 is 10.0 Å². The fourth-order valence-corrected chi connectivity index (χ4v) is 5.47. The molecule has 4 unspecified atom stereocenters. The van der Waals surface area contributed by atoms with Crippen LogP contribution in [0.3, 0.4) is 0 Å². The van der Waals surface area contributed by atoms with Crippen molar-refractivity contribution in [1.29, 1.82) is 0 Å². The third kappa shape index (κ3) is 3.49. The molecule has 6 rings (SSSR count). The van der Waals surface area contributed by atoms with Crippen LogP contribution in [0.1, 0.15) is 52.9 Å². The van der Waals surface area contributed by atoms with Crippen LogP contribution in [0.15, 0.2) is 42.9 Å². The van der Waals surface area contributed by atoms with Gasteiger partial charge in [0.05, 0.1) is 6.10 Å². The number of aromatic nitrogens is 3. The predicted octanol–water partition coefficient (Wildman–Crippen LogP) is 2.49. The van der Waals surface area contributed by atoms with Crippen LogP contribution < -0.4 is 0 Å². The van der Waals surface area contributed by atoms with Gasteiger partial charge in [0.25, 0.3) is 5.91 Å². The van der Waals surface area contributed by atoms with Crippen LogP contribution in [0.5, 0.6) is 0 Å². The topological polar surface area (TPSA) is 74.0 Å². The first-order valence-electron chi connectivity index (χ1n) is 11.7. The molecule has 1 saturated carbocycles. The molecule has 0 bridgehead atoms. The first kappa shape index (κ1) is 19.9. The molecule has 3 aromatic rings. The summed E-state index contributed by atoms with van der Waals surface area (Å²) >= 11 is 0. The predicted molar refractivity (Wildman–Crippen MR) is 120 cm³/mol. The van der Waals surface area contributed by atoms with E-state index in [1.165, 1.54) is 23.1 Å². The minimum Gasteiger partial charge on any atom is -0.390 e. The van der Waals surface area contributed by atoms with E-state index in [-0.39, 0.29) is 11.9 Å². The minimum absolute atomic E-state index is 0.0817. The number of hydrogen-bond acceptors (Lipinski definition) is 5. The van der Waals surface area contributed by atoms with Crippen molar-refractivity contribution in [2.45, 2.75) is 50.8 Å². The summed E-state index contributed by atoms with van der Waals surface area (Å²) in [5.74, 6) is 1.70. The zero-order valence-corrected chi connectivity index (χ0v) is 18.4. The van der Waals surface area contributed by atoms with Gasteiger partial charge in [-0.3, -0.25) is 14.1 Å². The number of nitrogens with zero attached hydrogens (tertiary/aromatic N) is 5. The molecule has 1 amide bonds. The van der Waals surface area contributed by atoms with Crippen LogP contribution in [0, 0.1) is 5.92 Å². The number of imidazole rings is 1. The number of rotatable bonds is 3. The molecule has 3 aliphatic rings. The summed E-state index contributed by atoms with van der Waals surface area (Å²) in [5.41, 5.74) is 4.36. The van der Waals surface area contributed by atoms with E-state index in [4.69, 9.17) is 0 Å². The van der Waals surface area contributed by atoms with Gasteiger partial charge in [-0.15, -0.1) is 0 Å². The number of piperidine rings is 1. The second-order valence-electron chi connectivity index (χ2n) is 9.70. The van der Waals surface area contributed by atoms with Gasteiger partial charge >= 0.3 is 0 Å². The van der Waals surface area contributed by atoms with E-state index in [1.807, 2.05) is 10.6 Å². The van der Waals surface area contributed by atoms with Crippen LogP contribution >= 0.6 is 0 Å². The van der Waals surface area contributed by atoms with Crippen molar-refractivity contribution in [2.75, 3.05) is 19.6 Å². The van der Waals surface area contributed by atoms with Gasteiger partial charge in [0.15, 0.2) is 0 Å². The van der Waals surface area contributed by atoms with Crippen molar-refractivity contribution in [2.24, 2.45) is 5.92 Å². The average molecular weight is 432 g/mol. The highest BCUT2D eigenvalue weighted by atomic mass is 16.3.